The van der Waals surface area contributed by atoms with Crippen LogP contribution in [-0.2, 0) is 11.3 Å². The number of nitrogens with zero attached hydrogens (tertiary/aromatic N) is 2. The van der Waals surface area contributed by atoms with Crippen molar-refractivity contribution < 1.29 is 9.47 Å². The molecule has 0 saturated heterocycles. The Morgan fingerprint density at radius 2 is 2.18 bits per heavy atom. The summed E-state index contributed by atoms with van der Waals surface area (Å²) in [5.41, 5.74) is 0.559. The van der Waals surface area contributed by atoms with E-state index >= 15 is 0 Å². The molecular weight excluding hydrogens is 220 g/mol. The zero-order chi connectivity index (χ0) is 12.7. The zero-order valence-electron chi connectivity index (χ0n) is 10.7. The number of aromatic nitrogens is 2. The minimum atomic E-state index is -0.103. The summed E-state index contributed by atoms with van der Waals surface area (Å²) in [7, 11) is 1.51. The predicted octanol–water partition coefficient (Wildman–Crippen LogP) is 1.38. The van der Waals surface area contributed by atoms with Crippen LogP contribution in [0.2, 0.25) is 0 Å². The number of hydrogen-bond donors (Lipinski definition) is 0. The van der Waals surface area contributed by atoms with Gasteiger partial charge in [0.05, 0.1) is 20.3 Å². The van der Waals surface area contributed by atoms with Gasteiger partial charge in [-0.2, -0.15) is 0 Å². The molecule has 1 rings (SSSR count). The first-order valence-corrected chi connectivity index (χ1v) is 5.89. The lowest BCUT2D eigenvalue weighted by molar-refractivity contribution is 0.120. The van der Waals surface area contributed by atoms with Gasteiger partial charge < -0.3 is 9.47 Å². The Morgan fingerprint density at radius 3 is 2.82 bits per heavy atom. The van der Waals surface area contributed by atoms with E-state index in [1.54, 1.807) is 6.92 Å². The third-order valence-corrected chi connectivity index (χ3v) is 2.39. The number of ether oxygens (including phenoxy) is 2. The first-order chi connectivity index (χ1) is 8.19. The fourth-order valence-corrected chi connectivity index (χ4v) is 1.46. The highest BCUT2D eigenvalue weighted by Crippen LogP contribution is 2.03. The molecule has 0 aliphatic rings. The van der Waals surface area contributed by atoms with Crippen molar-refractivity contribution >= 4 is 0 Å². The molecule has 0 bridgehead atoms. The Morgan fingerprint density at radius 1 is 1.41 bits per heavy atom. The summed E-state index contributed by atoms with van der Waals surface area (Å²) < 4.78 is 12.0. The molecule has 0 radical (unpaired) electrons. The lowest BCUT2D eigenvalue weighted by atomic mass is 10.4. The fourth-order valence-electron chi connectivity index (χ4n) is 1.46. The van der Waals surface area contributed by atoms with E-state index in [2.05, 4.69) is 11.9 Å². The van der Waals surface area contributed by atoms with Crippen LogP contribution in [0.1, 0.15) is 25.5 Å². The summed E-state index contributed by atoms with van der Waals surface area (Å²) >= 11 is 0. The van der Waals surface area contributed by atoms with Gasteiger partial charge in [-0.05, 0) is 13.3 Å². The van der Waals surface area contributed by atoms with Gasteiger partial charge in [-0.3, -0.25) is 9.36 Å². The molecule has 0 amide bonds. The Hall–Kier alpha value is -1.36. The molecule has 0 saturated carbocycles. The third kappa shape index (κ3) is 4.19. The van der Waals surface area contributed by atoms with Crippen molar-refractivity contribution in [2.45, 2.75) is 33.2 Å². The quantitative estimate of drug-likeness (QED) is 0.676. The molecule has 0 unspecified atom stereocenters. The van der Waals surface area contributed by atoms with E-state index in [-0.39, 0.29) is 5.56 Å². The molecule has 0 atom stereocenters. The van der Waals surface area contributed by atoms with Crippen molar-refractivity contribution in [3.05, 3.63) is 22.1 Å². The molecule has 0 aliphatic heterocycles. The van der Waals surface area contributed by atoms with Gasteiger partial charge in [0, 0.05) is 18.4 Å². The predicted molar refractivity (Wildman–Crippen MR) is 65.5 cm³/mol. The summed E-state index contributed by atoms with van der Waals surface area (Å²) in [4.78, 5) is 15.9. The van der Waals surface area contributed by atoms with Crippen LogP contribution in [-0.4, -0.2) is 29.9 Å². The van der Waals surface area contributed by atoms with Crippen LogP contribution in [0.25, 0.3) is 0 Å². The summed E-state index contributed by atoms with van der Waals surface area (Å²) in [6.07, 6.45) is 2.15. The van der Waals surface area contributed by atoms with Crippen molar-refractivity contribution in [2.75, 3.05) is 20.3 Å². The maximum atomic E-state index is 11.7. The average molecular weight is 240 g/mol. The molecular formula is C12H20N2O3. The van der Waals surface area contributed by atoms with Gasteiger partial charge in [-0.25, -0.2) is 4.98 Å². The molecule has 17 heavy (non-hydrogen) atoms. The van der Waals surface area contributed by atoms with Gasteiger partial charge in [-0.15, -0.1) is 0 Å². The van der Waals surface area contributed by atoms with Crippen molar-refractivity contribution in [3.8, 4) is 6.01 Å². The number of unbranched alkanes of at least 4 members (excludes halogenated alkanes) is 1. The SMILES string of the molecule is CCCCOCCn1c(OC)nc(C)cc1=O. The molecule has 0 spiro atoms. The van der Waals surface area contributed by atoms with Crippen LogP contribution >= 0.6 is 0 Å². The monoisotopic (exact) mass is 240 g/mol. The second-order valence-corrected chi connectivity index (χ2v) is 3.84. The first kappa shape index (κ1) is 13.7. The number of rotatable bonds is 7. The maximum Gasteiger partial charge on any atom is 0.299 e. The molecule has 0 aliphatic carbocycles. The summed E-state index contributed by atoms with van der Waals surface area (Å²) in [6.45, 7) is 5.58. The molecule has 96 valence electrons. The van der Waals surface area contributed by atoms with Gasteiger partial charge in [-0.1, -0.05) is 13.3 Å². The number of hydrogen-bond acceptors (Lipinski definition) is 4. The van der Waals surface area contributed by atoms with Gasteiger partial charge in [0.1, 0.15) is 0 Å². The smallest absolute Gasteiger partial charge is 0.299 e. The summed E-state index contributed by atoms with van der Waals surface area (Å²) in [5, 5.41) is 0. The summed E-state index contributed by atoms with van der Waals surface area (Å²) in [5.74, 6) is 0. The largest absolute Gasteiger partial charge is 0.468 e. The van der Waals surface area contributed by atoms with Crippen LogP contribution < -0.4 is 10.3 Å². The lowest BCUT2D eigenvalue weighted by Crippen LogP contribution is -2.24. The van der Waals surface area contributed by atoms with Crippen molar-refractivity contribution in [2.24, 2.45) is 0 Å². The maximum absolute atomic E-state index is 11.7. The van der Waals surface area contributed by atoms with Crippen LogP contribution in [0.3, 0.4) is 0 Å². The van der Waals surface area contributed by atoms with Crippen LogP contribution in [0.15, 0.2) is 10.9 Å². The molecule has 1 heterocycles. The third-order valence-electron chi connectivity index (χ3n) is 2.39. The Labute approximate surface area is 101 Å². The topological polar surface area (TPSA) is 53.4 Å². The highest BCUT2D eigenvalue weighted by molar-refractivity contribution is 5.06. The van der Waals surface area contributed by atoms with Gasteiger partial charge in [0.25, 0.3) is 11.6 Å². The molecule has 0 fully saturated rings. The van der Waals surface area contributed by atoms with E-state index in [1.807, 2.05) is 0 Å². The molecule has 0 N–H and O–H groups in total. The fraction of sp³-hybridized carbons (Fsp3) is 0.667. The second-order valence-electron chi connectivity index (χ2n) is 3.84. The van der Waals surface area contributed by atoms with Gasteiger partial charge >= 0.3 is 0 Å². The van der Waals surface area contributed by atoms with E-state index in [9.17, 15) is 4.79 Å². The van der Waals surface area contributed by atoms with Crippen molar-refractivity contribution in [3.63, 3.8) is 0 Å². The van der Waals surface area contributed by atoms with Gasteiger partial charge in [0.2, 0.25) is 0 Å². The van der Waals surface area contributed by atoms with E-state index in [4.69, 9.17) is 9.47 Å². The minimum Gasteiger partial charge on any atom is -0.468 e. The van der Waals surface area contributed by atoms with E-state index in [0.717, 1.165) is 19.4 Å². The number of methoxy groups -OCH3 is 1. The highest BCUT2D eigenvalue weighted by Gasteiger charge is 2.06. The van der Waals surface area contributed by atoms with Crippen molar-refractivity contribution in [1.82, 2.24) is 9.55 Å². The lowest BCUT2D eigenvalue weighted by Gasteiger charge is -2.10. The Kier molecular flexibility index (Phi) is 5.69. The van der Waals surface area contributed by atoms with Crippen LogP contribution in [0, 0.1) is 6.92 Å². The molecule has 5 nitrogen and oxygen atoms in total. The van der Waals surface area contributed by atoms with E-state index in [0.29, 0.717) is 24.9 Å². The Balaban J connectivity index is 2.61. The van der Waals surface area contributed by atoms with Gasteiger partial charge in [0.15, 0.2) is 0 Å². The zero-order valence-corrected chi connectivity index (χ0v) is 10.7. The molecule has 5 heteroatoms. The molecule has 0 aromatic carbocycles. The first-order valence-electron chi connectivity index (χ1n) is 5.89. The molecule has 1 aromatic heterocycles. The minimum absolute atomic E-state index is 0.103. The van der Waals surface area contributed by atoms with Crippen LogP contribution in [0.5, 0.6) is 6.01 Å². The van der Waals surface area contributed by atoms with Crippen molar-refractivity contribution in [1.29, 1.82) is 0 Å². The van der Waals surface area contributed by atoms with E-state index in [1.165, 1.54) is 17.7 Å². The second kappa shape index (κ2) is 7.06. The number of aryl methyl sites for hydroxylation is 1. The molecule has 1 aromatic rings. The highest BCUT2D eigenvalue weighted by atomic mass is 16.5. The van der Waals surface area contributed by atoms with E-state index < -0.39 is 0 Å². The average Bonchev–Trinajstić information content (AvgIpc) is 2.30. The summed E-state index contributed by atoms with van der Waals surface area (Å²) in [6, 6.07) is 1.84. The Bertz CT molecular complexity index is 401. The standard InChI is InChI=1S/C12H20N2O3/c1-4-5-7-17-8-6-14-11(15)9-10(2)13-12(14)16-3/h9H,4-8H2,1-3H3. The van der Waals surface area contributed by atoms with Crippen LogP contribution in [0.4, 0.5) is 0 Å². The normalized spacial score (nSPS) is 10.5.